The molecule has 0 N–H and O–H groups in total. The highest BCUT2D eigenvalue weighted by molar-refractivity contribution is 5.80. The average Bonchev–Trinajstić information content (AvgIpc) is 3.55. The molecule has 0 saturated heterocycles. The molecule has 0 aromatic heterocycles. The van der Waals surface area contributed by atoms with E-state index < -0.39 is 5.54 Å². The maximum Gasteiger partial charge on any atom is 0.129 e. The third kappa shape index (κ3) is 14.5. The van der Waals surface area contributed by atoms with Gasteiger partial charge < -0.3 is 28.7 Å². The Bertz CT molecular complexity index is 3120. The summed E-state index contributed by atoms with van der Waals surface area (Å²) in [5.74, 6) is 4.75. The van der Waals surface area contributed by atoms with Crippen LogP contribution >= 0.6 is 0 Å². The Balaban J connectivity index is 1.11. The van der Waals surface area contributed by atoms with Crippen molar-refractivity contribution in [2.24, 2.45) is 0 Å². The Labute approximate surface area is 473 Å². The Hall–Kier alpha value is -7.70. The molecule has 0 aliphatic heterocycles. The van der Waals surface area contributed by atoms with Crippen molar-refractivity contribution in [3.63, 3.8) is 0 Å². The number of unbranched alkanes of at least 4 members (excludes halogenated alkanes) is 6. The number of rotatable bonds is 30. The van der Waals surface area contributed by atoms with Crippen LogP contribution in [0.25, 0.3) is 17.2 Å². The van der Waals surface area contributed by atoms with Gasteiger partial charge in [-0.1, -0.05) is 179 Å². The predicted octanol–water partition coefficient (Wildman–Crippen LogP) is 21.9. The number of benzene rings is 8. The first-order chi connectivity index (χ1) is 38.7. The van der Waals surface area contributed by atoms with Gasteiger partial charge in [0.15, 0.2) is 0 Å². The first kappa shape index (κ1) is 57.5. The van der Waals surface area contributed by atoms with E-state index in [9.17, 15) is 0 Å². The van der Waals surface area contributed by atoms with E-state index in [4.69, 9.17) is 18.9 Å². The molecular formula is C73H84N2O4. The number of ether oxygens (including phenoxy) is 4. The Morgan fingerprint density at radius 3 is 1.37 bits per heavy atom. The third-order valence-electron chi connectivity index (χ3n) is 16.0. The second kappa shape index (κ2) is 28.3. The summed E-state index contributed by atoms with van der Waals surface area (Å²) in [5.41, 5.74) is 10.8. The minimum absolute atomic E-state index is 0.177. The fraction of sp³-hybridized carbons (Fsp3) is 0.315. The lowest BCUT2D eigenvalue weighted by atomic mass is 9.77. The van der Waals surface area contributed by atoms with Gasteiger partial charge in [-0.3, -0.25) is 0 Å². The maximum absolute atomic E-state index is 6.81. The van der Waals surface area contributed by atoms with Crippen molar-refractivity contribution in [1.29, 1.82) is 0 Å². The monoisotopic (exact) mass is 1050 g/mol. The van der Waals surface area contributed by atoms with Gasteiger partial charge in [-0.2, -0.15) is 0 Å². The van der Waals surface area contributed by atoms with E-state index in [1.165, 1.54) is 48.8 Å². The zero-order valence-electron chi connectivity index (χ0n) is 48.2. The van der Waals surface area contributed by atoms with E-state index in [2.05, 4.69) is 223 Å². The van der Waals surface area contributed by atoms with Crippen LogP contribution < -0.4 is 28.7 Å². The van der Waals surface area contributed by atoms with Gasteiger partial charge in [-0.05, 0) is 169 Å². The quantitative estimate of drug-likeness (QED) is 0.0418. The van der Waals surface area contributed by atoms with Gasteiger partial charge in [0, 0.05) is 46.6 Å². The normalized spacial score (nSPS) is 11.5. The van der Waals surface area contributed by atoms with Crippen LogP contribution in [0, 0.1) is 0 Å². The lowest BCUT2D eigenvalue weighted by molar-refractivity contribution is 0.305. The van der Waals surface area contributed by atoms with Gasteiger partial charge in [0.1, 0.15) is 34.5 Å². The summed E-state index contributed by atoms with van der Waals surface area (Å²) in [6.07, 6.45) is 14.9. The topological polar surface area (TPSA) is 43.4 Å². The summed E-state index contributed by atoms with van der Waals surface area (Å²) in [6.45, 7) is 21.3. The smallest absolute Gasteiger partial charge is 0.129 e. The van der Waals surface area contributed by atoms with E-state index in [0.717, 1.165) is 119 Å². The minimum Gasteiger partial charge on any atom is -0.494 e. The van der Waals surface area contributed by atoms with Crippen LogP contribution in [0.5, 0.6) is 34.5 Å². The minimum atomic E-state index is -0.461. The van der Waals surface area contributed by atoms with Gasteiger partial charge in [-0.25, -0.2) is 0 Å². The van der Waals surface area contributed by atoms with E-state index in [1.807, 2.05) is 42.5 Å². The van der Waals surface area contributed by atoms with Crippen LogP contribution in [-0.4, -0.2) is 13.2 Å². The Kier molecular flexibility index (Phi) is 20.6. The first-order valence-electron chi connectivity index (χ1n) is 29.3. The van der Waals surface area contributed by atoms with Crippen LogP contribution in [0.3, 0.4) is 0 Å². The lowest BCUT2D eigenvalue weighted by Gasteiger charge is -2.45. The molecule has 0 fully saturated rings. The van der Waals surface area contributed by atoms with Crippen LogP contribution in [0.15, 0.2) is 201 Å². The van der Waals surface area contributed by atoms with Crippen molar-refractivity contribution >= 4 is 34.5 Å². The second-order valence-corrected chi connectivity index (χ2v) is 21.1. The molecule has 0 atom stereocenters. The molecule has 0 saturated carbocycles. The molecule has 8 aromatic carbocycles. The molecular weight excluding hydrogens is 969 g/mol. The molecule has 6 heteroatoms. The molecule has 8 rings (SSSR count). The van der Waals surface area contributed by atoms with Crippen molar-refractivity contribution in [1.82, 2.24) is 0 Å². The fourth-order valence-electron chi connectivity index (χ4n) is 10.7. The van der Waals surface area contributed by atoms with Crippen LogP contribution in [-0.2, 0) is 11.0 Å². The highest BCUT2D eigenvalue weighted by Gasteiger charge is 2.37. The van der Waals surface area contributed by atoms with E-state index in [1.54, 1.807) is 0 Å². The summed E-state index contributed by atoms with van der Waals surface area (Å²) in [6, 6.07) is 68.6. The zero-order valence-corrected chi connectivity index (χ0v) is 48.2. The molecule has 0 aliphatic rings. The van der Waals surface area contributed by atoms with Gasteiger partial charge >= 0.3 is 0 Å². The second-order valence-electron chi connectivity index (χ2n) is 21.1. The van der Waals surface area contributed by atoms with Crippen LogP contribution in [0.4, 0.5) is 28.4 Å². The summed E-state index contributed by atoms with van der Waals surface area (Å²) >= 11 is 0. The summed E-state index contributed by atoms with van der Waals surface area (Å²) in [4.78, 5) is 4.77. The van der Waals surface area contributed by atoms with Crippen molar-refractivity contribution in [2.75, 3.05) is 23.0 Å². The molecule has 0 heterocycles. The highest BCUT2D eigenvalue weighted by atomic mass is 16.5. The molecule has 0 bridgehead atoms. The highest BCUT2D eigenvalue weighted by Crippen LogP contribution is 2.47. The van der Waals surface area contributed by atoms with Gasteiger partial charge in [-0.15, -0.1) is 0 Å². The van der Waals surface area contributed by atoms with Crippen molar-refractivity contribution in [3.8, 4) is 45.6 Å². The molecule has 0 amide bonds. The molecule has 6 nitrogen and oxygen atoms in total. The van der Waals surface area contributed by atoms with E-state index in [-0.39, 0.29) is 5.41 Å². The van der Waals surface area contributed by atoms with Crippen molar-refractivity contribution in [3.05, 3.63) is 217 Å². The standard InChI is InChI=1S/C73H84N2O4/c1-9-16-18-20-50-76-68-30-23-27-63(53-68)74(61-42-38-58(39-43-61)57-36-40-59(41-37-57)72(8,12-4)13-5)64-28-24-33-71(54-64)79-67-48-44-62(45-49-67)75(65-29-25-31-69(55-65)77-51-21-19-17-10-2)73(14-6,15-7)60-26-22-32-70(52-60)78-66-46-34-56(11-3)35-47-66/h11,22-49,52-55H,3,9-10,12-21,50-51H2,1-2,4-8H3. The molecule has 0 spiro atoms. The zero-order chi connectivity index (χ0) is 55.5. The van der Waals surface area contributed by atoms with Gasteiger partial charge in [0.25, 0.3) is 0 Å². The molecule has 410 valence electrons. The molecule has 0 radical (unpaired) electrons. The third-order valence-corrected chi connectivity index (χ3v) is 16.0. The predicted molar refractivity (Wildman–Crippen MR) is 334 cm³/mol. The van der Waals surface area contributed by atoms with Gasteiger partial charge in [0.2, 0.25) is 0 Å². The molecule has 0 aliphatic carbocycles. The van der Waals surface area contributed by atoms with Gasteiger partial charge in [0.05, 0.1) is 18.8 Å². The molecule has 0 unspecified atom stereocenters. The maximum atomic E-state index is 6.81. The summed E-state index contributed by atoms with van der Waals surface area (Å²) in [7, 11) is 0. The Morgan fingerprint density at radius 2 is 0.848 bits per heavy atom. The first-order valence-corrected chi connectivity index (χ1v) is 29.3. The van der Waals surface area contributed by atoms with Crippen LogP contribution in [0.1, 0.15) is 142 Å². The number of hydrogen-bond donors (Lipinski definition) is 0. The SMILES string of the molecule is C=Cc1ccc(Oc2cccc(C(CC)(CC)N(c3ccc(Oc4cccc(N(c5ccc(-c6ccc(C(C)(CC)CC)cc6)cc5)c5cccc(OCCCCCC)c5)c4)cc3)c3cccc(OCCCCCC)c3)c2)cc1. The summed E-state index contributed by atoms with van der Waals surface area (Å²) in [5, 5.41) is 0. The van der Waals surface area contributed by atoms with Crippen molar-refractivity contribution < 1.29 is 18.9 Å². The molecule has 8 aromatic rings. The molecule has 79 heavy (non-hydrogen) atoms. The van der Waals surface area contributed by atoms with Crippen molar-refractivity contribution in [2.45, 2.75) is 136 Å². The Morgan fingerprint density at radius 1 is 0.392 bits per heavy atom. The van der Waals surface area contributed by atoms with E-state index >= 15 is 0 Å². The number of nitrogens with zero attached hydrogens (tertiary/aromatic N) is 2. The lowest BCUT2D eigenvalue weighted by Crippen LogP contribution is -2.42. The van der Waals surface area contributed by atoms with E-state index in [0.29, 0.717) is 13.2 Å². The number of hydrogen-bond acceptors (Lipinski definition) is 6. The summed E-state index contributed by atoms with van der Waals surface area (Å²) < 4.78 is 26.1. The van der Waals surface area contributed by atoms with Crippen LogP contribution in [0.2, 0.25) is 0 Å². The largest absolute Gasteiger partial charge is 0.494 e. The average molecular weight is 1050 g/mol. The number of anilines is 5. The fourth-order valence-corrected chi connectivity index (χ4v) is 10.7.